The zero-order chi connectivity index (χ0) is 17.2. The van der Waals surface area contributed by atoms with Gasteiger partial charge in [0.15, 0.2) is 0 Å². The molecule has 0 radical (unpaired) electrons. The fourth-order valence-electron chi connectivity index (χ4n) is 3.26. The predicted molar refractivity (Wildman–Crippen MR) is 93.4 cm³/mol. The minimum absolute atomic E-state index is 0.155. The van der Waals surface area contributed by atoms with Crippen LogP contribution in [0.5, 0.6) is 5.75 Å². The number of hydrogen-bond acceptors (Lipinski definition) is 4. The number of amides is 1. The van der Waals surface area contributed by atoms with Gasteiger partial charge < -0.3 is 21.5 Å². The number of fused-ring (bicyclic) bond motifs is 1. The minimum Gasteiger partial charge on any atom is -0.496 e. The first-order valence-corrected chi connectivity index (χ1v) is 8.10. The molecule has 126 valence electrons. The van der Waals surface area contributed by atoms with Gasteiger partial charge in [0.25, 0.3) is 0 Å². The number of carbonyl (C=O) groups excluding carboxylic acids is 1. The van der Waals surface area contributed by atoms with Gasteiger partial charge in [-0.25, -0.2) is 0 Å². The van der Waals surface area contributed by atoms with Crippen LogP contribution < -0.4 is 21.5 Å². The molecular weight excluding hydrogens is 302 g/mol. The van der Waals surface area contributed by atoms with Gasteiger partial charge in [0, 0.05) is 13.1 Å². The standard InChI is InChI=1S/C19H23N3O2/c1-24-17-4-2-3-16-15(17)9-10-19(16,21)18(23)22-12-14-7-5-13(11-20)6-8-14/h2-8H,9-12,20-21H2,1H3,(H,22,23). The van der Waals surface area contributed by atoms with Gasteiger partial charge in [0.1, 0.15) is 11.3 Å². The van der Waals surface area contributed by atoms with Crippen molar-refractivity contribution in [1.29, 1.82) is 0 Å². The molecule has 0 aliphatic heterocycles. The second kappa shape index (κ2) is 6.63. The van der Waals surface area contributed by atoms with Crippen molar-refractivity contribution in [2.75, 3.05) is 7.11 Å². The summed E-state index contributed by atoms with van der Waals surface area (Å²) in [7, 11) is 1.64. The lowest BCUT2D eigenvalue weighted by Gasteiger charge is -2.24. The van der Waals surface area contributed by atoms with E-state index in [4.69, 9.17) is 16.2 Å². The summed E-state index contributed by atoms with van der Waals surface area (Å²) < 4.78 is 5.38. The van der Waals surface area contributed by atoms with Crippen LogP contribution in [0.15, 0.2) is 42.5 Å². The van der Waals surface area contributed by atoms with E-state index in [1.54, 1.807) is 7.11 Å². The summed E-state index contributed by atoms with van der Waals surface area (Å²) in [6, 6.07) is 13.6. The number of carbonyl (C=O) groups is 1. The van der Waals surface area contributed by atoms with E-state index in [1.165, 1.54) is 0 Å². The Bertz CT molecular complexity index is 743. The van der Waals surface area contributed by atoms with Crippen LogP contribution in [-0.2, 0) is 29.8 Å². The molecule has 1 atom stereocenters. The average Bonchev–Trinajstić information content (AvgIpc) is 2.98. The fraction of sp³-hybridized carbons (Fsp3) is 0.316. The summed E-state index contributed by atoms with van der Waals surface area (Å²) >= 11 is 0. The number of rotatable bonds is 5. The van der Waals surface area contributed by atoms with Crippen LogP contribution in [0.4, 0.5) is 0 Å². The number of benzene rings is 2. The maximum Gasteiger partial charge on any atom is 0.244 e. The van der Waals surface area contributed by atoms with Gasteiger partial charge in [-0.3, -0.25) is 4.79 Å². The number of methoxy groups -OCH3 is 1. The Morgan fingerprint density at radius 1 is 1.21 bits per heavy atom. The molecule has 1 unspecified atom stereocenters. The van der Waals surface area contributed by atoms with Crippen molar-refractivity contribution in [3.8, 4) is 5.75 Å². The van der Waals surface area contributed by atoms with Gasteiger partial charge >= 0.3 is 0 Å². The molecule has 0 spiro atoms. The Morgan fingerprint density at radius 3 is 2.58 bits per heavy atom. The molecule has 1 aliphatic rings. The highest BCUT2D eigenvalue weighted by atomic mass is 16.5. The third kappa shape index (κ3) is 2.88. The SMILES string of the molecule is COc1cccc2c1CCC2(N)C(=O)NCc1ccc(CN)cc1. The third-order valence-electron chi connectivity index (χ3n) is 4.72. The molecule has 2 aromatic carbocycles. The Hall–Kier alpha value is -2.37. The lowest BCUT2D eigenvalue weighted by molar-refractivity contribution is -0.126. The predicted octanol–water partition coefficient (Wildman–Crippen LogP) is 1.57. The van der Waals surface area contributed by atoms with Crippen molar-refractivity contribution < 1.29 is 9.53 Å². The molecule has 0 fully saturated rings. The van der Waals surface area contributed by atoms with Crippen molar-refractivity contribution in [3.63, 3.8) is 0 Å². The van der Waals surface area contributed by atoms with Crippen molar-refractivity contribution in [1.82, 2.24) is 5.32 Å². The second-order valence-electron chi connectivity index (χ2n) is 6.16. The van der Waals surface area contributed by atoms with Gasteiger partial charge in [-0.05, 0) is 41.2 Å². The number of nitrogens with two attached hydrogens (primary N) is 2. The largest absolute Gasteiger partial charge is 0.496 e. The summed E-state index contributed by atoms with van der Waals surface area (Å²) in [4.78, 5) is 12.7. The van der Waals surface area contributed by atoms with Crippen LogP contribution >= 0.6 is 0 Å². The van der Waals surface area contributed by atoms with Crippen molar-refractivity contribution in [2.24, 2.45) is 11.5 Å². The van der Waals surface area contributed by atoms with E-state index in [9.17, 15) is 4.79 Å². The van der Waals surface area contributed by atoms with E-state index in [-0.39, 0.29) is 5.91 Å². The summed E-state index contributed by atoms with van der Waals surface area (Å²) in [6.45, 7) is 0.957. The zero-order valence-electron chi connectivity index (χ0n) is 13.8. The summed E-state index contributed by atoms with van der Waals surface area (Å²) in [6.07, 6.45) is 1.33. The molecule has 5 nitrogen and oxygen atoms in total. The Labute approximate surface area is 142 Å². The normalized spacial score (nSPS) is 19.0. The Morgan fingerprint density at radius 2 is 1.92 bits per heavy atom. The van der Waals surface area contributed by atoms with Gasteiger partial charge in [-0.1, -0.05) is 36.4 Å². The zero-order valence-corrected chi connectivity index (χ0v) is 13.8. The smallest absolute Gasteiger partial charge is 0.244 e. The molecule has 2 aromatic rings. The van der Waals surface area contributed by atoms with E-state index >= 15 is 0 Å². The van der Waals surface area contributed by atoms with Crippen LogP contribution in [0.1, 0.15) is 28.7 Å². The fourth-order valence-corrected chi connectivity index (χ4v) is 3.26. The number of nitrogens with one attached hydrogen (secondary N) is 1. The molecule has 0 bridgehead atoms. The number of ether oxygens (including phenoxy) is 1. The maximum atomic E-state index is 12.7. The molecule has 0 saturated carbocycles. The van der Waals surface area contributed by atoms with Crippen LogP contribution in [-0.4, -0.2) is 13.0 Å². The summed E-state index contributed by atoms with van der Waals surface area (Å²) in [5.41, 5.74) is 15.0. The van der Waals surface area contributed by atoms with Crippen molar-refractivity contribution in [3.05, 3.63) is 64.7 Å². The topological polar surface area (TPSA) is 90.4 Å². The van der Waals surface area contributed by atoms with E-state index in [2.05, 4.69) is 5.32 Å². The van der Waals surface area contributed by atoms with E-state index in [0.717, 1.165) is 34.4 Å². The van der Waals surface area contributed by atoms with Crippen LogP contribution in [0.2, 0.25) is 0 Å². The third-order valence-corrected chi connectivity index (χ3v) is 4.72. The quantitative estimate of drug-likeness (QED) is 0.778. The Kier molecular flexibility index (Phi) is 4.55. The molecule has 5 heteroatoms. The highest BCUT2D eigenvalue weighted by Gasteiger charge is 2.42. The molecule has 1 aliphatic carbocycles. The summed E-state index contributed by atoms with van der Waals surface area (Å²) in [5.74, 6) is 0.641. The van der Waals surface area contributed by atoms with Gasteiger partial charge in [0.2, 0.25) is 5.91 Å². The molecule has 0 heterocycles. The van der Waals surface area contributed by atoms with Crippen LogP contribution in [0.3, 0.4) is 0 Å². The van der Waals surface area contributed by atoms with Crippen LogP contribution in [0, 0.1) is 0 Å². The molecular formula is C19H23N3O2. The molecule has 0 saturated heterocycles. The van der Waals surface area contributed by atoms with Crippen molar-refractivity contribution in [2.45, 2.75) is 31.5 Å². The monoisotopic (exact) mass is 325 g/mol. The molecule has 24 heavy (non-hydrogen) atoms. The van der Waals surface area contributed by atoms with Gasteiger partial charge in [-0.15, -0.1) is 0 Å². The van der Waals surface area contributed by atoms with Crippen LogP contribution in [0.25, 0.3) is 0 Å². The lowest BCUT2D eigenvalue weighted by atomic mass is 9.91. The first kappa shape index (κ1) is 16.5. The van der Waals surface area contributed by atoms with Crippen molar-refractivity contribution >= 4 is 5.91 Å². The highest BCUT2D eigenvalue weighted by Crippen LogP contribution is 2.39. The Balaban J connectivity index is 1.74. The molecule has 1 amide bonds. The average molecular weight is 325 g/mol. The minimum atomic E-state index is -0.999. The summed E-state index contributed by atoms with van der Waals surface area (Å²) in [5, 5.41) is 2.96. The second-order valence-corrected chi connectivity index (χ2v) is 6.16. The maximum absolute atomic E-state index is 12.7. The first-order chi connectivity index (χ1) is 11.6. The molecule has 5 N–H and O–H groups in total. The molecule has 3 rings (SSSR count). The van der Waals surface area contributed by atoms with E-state index < -0.39 is 5.54 Å². The van der Waals surface area contributed by atoms with E-state index in [1.807, 2.05) is 42.5 Å². The van der Waals surface area contributed by atoms with Gasteiger partial charge in [-0.2, -0.15) is 0 Å². The number of hydrogen-bond donors (Lipinski definition) is 3. The molecule has 0 aromatic heterocycles. The lowest BCUT2D eigenvalue weighted by Crippen LogP contribution is -2.49. The van der Waals surface area contributed by atoms with E-state index in [0.29, 0.717) is 19.5 Å². The highest BCUT2D eigenvalue weighted by molar-refractivity contribution is 5.89. The van der Waals surface area contributed by atoms with Gasteiger partial charge in [0.05, 0.1) is 7.11 Å². The first-order valence-electron chi connectivity index (χ1n) is 8.10.